The van der Waals surface area contributed by atoms with Crippen molar-refractivity contribution in [2.24, 2.45) is 5.10 Å². The maximum absolute atomic E-state index is 13.5. The lowest BCUT2D eigenvalue weighted by atomic mass is 10.2. The van der Waals surface area contributed by atoms with E-state index in [0.717, 1.165) is 12.3 Å². The van der Waals surface area contributed by atoms with E-state index in [1.165, 1.54) is 24.3 Å². The zero-order chi connectivity index (χ0) is 15.4. The summed E-state index contributed by atoms with van der Waals surface area (Å²) in [7, 11) is 0. The molecule has 0 atom stereocenters. The molecular formula is C14H10BrFN2O3. The van der Waals surface area contributed by atoms with E-state index < -0.39 is 11.7 Å². The number of phenolic OH excluding ortho intramolecular Hbond substituents is 2. The Hall–Kier alpha value is -2.41. The van der Waals surface area contributed by atoms with Crippen LogP contribution in [0.3, 0.4) is 0 Å². The van der Waals surface area contributed by atoms with Crippen LogP contribution >= 0.6 is 15.9 Å². The third-order valence-electron chi connectivity index (χ3n) is 2.56. The van der Waals surface area contributed by atoms with Crippen LogP contribution in [0.5, 0.6) is 11.5 Å². The fourth-order valence-electron chi connectivity index (χ4n) is 1.53. The molecule has 2 aromatic carbocycles. The Morgan fingerprint density at radius 2 is 2.00 bits per heavy atom. The van der Waals surface area contributed by atoms with Crippen LogP contribution in [0.25, 0.3) is 0 Å². The number of halogens is 2. The lowest BCUT2D eigenvalue weighted by Gasteiger charge is -2.03. The average molecular weight is 353 g/mol. The van der Waals surface area contributed by atoms with Crippen molar-refractivity contribution in [2.75, 3.05) is 0 Å². The van der Waals surface area contributed by atoms with Crippen LogP contribution in [-0.2, 0) is 0 Å². The number of rotatable bonds is 3. The Morgan fingerprint density at radius 3 is 2.71 bits per heavy atom. The van der Waals surface area contributed by atoms with Gasteiger partial charge in [-0.3, -0.25) is 4.79 Å². The highest BCUT2D eigenvalue weighted by Gasteiger charge is 2.11. The van der Waals surface area contributed by atoms with Gasteiger partial charge in [-0.2, -0.15) is 5.10 Å². The zero-order valence-corrected chi connectivity index (χ0v) is 12.1. The van der Waals surface area contributed by atoms with Gasteiger partial charge in [0.05, 0.1) is 11.8 Å². The molecule has 2 aromatic rings. The minimum Gasteiger partial charge on any atom is -0.508 e. The predicted molar refractivity (Wildman–Crippen MR) is 78.9 cm³/mol. The van der Waals surface area contributed by atoms with Crippen LogP contribution < -0.4 is 5.43 Å². The fraction of sp³-hybridized carbons (Fsp3) is 0. The largest absolute Gasteiger partial charge is 0.508 e. The Balaban J connectivity index is 2.10. The number of carbonyl (C=O) groups excluding carboxylic acids is 1. The van der Waals surface area contributed by atoms with E-state index in [1.54, 1.807) is 6.07 Å². The van der Waals surface area contributed by atoms with Crippen molar-refractivity contribution < 1.29 is 19.4 Å². The summed E-state index contributed by atoms with van der Waals surface area (Å²) in [6.45, 7) is 0. The highest BCUT2D eigenvalue weighted by molar-refractivity contribution is 9.10. The van der Waals surface area contributed by atoms with Gasteiger partial charge in [0.25, 0.3) is 5.91 Å². The molecule has 0 bridgehead atoms. The SMILES string of the molecule is O=C(NN=Cc1ccc(Br)cc1F)c1cc(O)ccc1O. The minimum atomic E-state index is -0.725. The number of benzene rings is 2. The van der Waals surface area contributed by atoms with Gasteiger partial charge in [-0.15, -0.1) is 0 Å². The van der Waals surface area contributed by atoms with E-state index in [-0.39, 0.29) is 22.6 Å². The number of aromatic hydroxyl groups is 2. The normalized spacial score (nSPS) is 10.8. The molecule has 5 nitrogen and oxygen atoms in total. The Labute approximate surface area is 127 Å². The van der Waals surface area contributed by atoms with Crippen LogP contribution in [0.4, 0.5) is 4.39 Å². The van der Waals surface area contributed by atoms with Crippen molar-refractivity contribution in [3.63, 3.8) is 0 Å². The van der Waals surface area contributed by atoms with Crippen molar-refractivity contribution >= 4 is 28.1 Å². The molecule has 7 heteroatoms. The Bertz CT molecular complexity index is 719. The summed E-state index contributed by atoms with van der Waals surface area (Å²) in [5.41, 5.74) is 2.20. The van der Waals surface area contributed by atoms with Crippen molar-refractivity contribution in [3.05, 3.63) is 57.8 Å². The summed E-state index contributed by atoms with van der Waals surface area (Å²) < 4.78 is 14.1. The molecule has 0 radical (unpaired) electrons. The second-order valence-electron chi connectivity index (χ2n) is 4.07. The summed E-state index contributed by atoms with van der Waals surface area (Å²) in [5.74, 6) is -1.68. The first-order valence-electron chi connectivity index (χ1n) is 5.78. The molecule has 0 aromatic heterocycles. The molecule has 0 spiro atoms. The fourth-order valence-corrected chi connectivity index (χ4v) is 1.87. The number of carbonyl (C=O) groups is 1. The predicted octanol–water partition coefficient (Wildman–Crippen LogP) is 2.76. The molecule has 2 rings (SSSR count). The standard InChI is InChI=1S/C14H10BrFN2O3/c15-9-2-1-8(12(16)5-9)7-17-18-14(21)11-6-10(19)3-4-13(11)20/h1-7,19-20H,(H,18,21). The van der Waals surface area contributed by atoms with Crippen LogP contribution in [0.15, 0.2) is 46.0 Å². The molecule has 21 heavy (non-hydrogen) atoms. The molecule has 0 saturated carbocycles. The van der Waals surface area contributed by atoms with Crippen molar-refractivity contribution in [3.8, 4) is 11.5 Å². The van der Waals surface area contributed by atoms with E-state index >= 15 is 0 Å². The number of nitrogens with one attached hydrogen (secondary N) is 1. The van der Waals surface area contributed by atoms with Gasteiger partial charge in [0, 0.05) is 10.0 Å². The molecular weight excluding hydrogens is 343 g/mol. The number of hydrogen-bond acceptors (Lipinski definition) is 4. The molecule has 1 amide bonds. The quantitative estimate of drug-likeness (QED) is 0.451. The summed E-state index contributed by atoms with van der Waals surface area (Å²) in [4.78, 5) is 11.7. The number of nitrogens with zero attached hydrogens (tertiary/aromatic N) is 1. The van der Waals surface area contributed by atoms with E-state index in [4.69, 9.17) is 0 Å². The van der Waals surface area contributed by atoms with Crippen molar-refractivity contribution in [1.29, 1.82) is 0 Å². The first-order chi connectivity index (χ1) is 9.97. The van der Waals surface area contributed by atoms with E-state index in [2.05, 4.69) is 26.5 Å². The van der Waals surface area contributed by atoms with Crippen LogP contribution in [0.1, 0.15) is 15.9 Å². The first kappa shape index (κ1) is 15.0. The monoisotopic (exact) mass is 352 g/mol. The maximum Gasteiger partial charge on any atom is 0.275 e. The lowest BCUT2D eigenvalue weighted by molar-refractivity contribution is 0.0952. The van der Waals surface area contributed by atoms with Crippen molar-refractivity contribution in [2.45, 2.75) is 0 Å². The van der Waals surface area contributed by atoms with Crippen LogP contribution in [0.2, 0.25) is 0 Å². The third-order valence-corrected chi connectivity index (χ3v) is 3.05. The molecule has 108 valence electrons. The van der Waals surface area contributed by atoms with Gasteiger partial charge in [-0.05, 0) is 36.4 Å². The van der Waals surface area contributed by atoms with E-state index in [9.17, 15) is 19.4 Å². The smallest absolute Gasteiger partial charge is 0.275 e. The van der Waals surface area contributed by atoms with Gasteiger partial charge >= 0.3 is 0 Å². The number of phenols is 2. The lowest BCUT2D eigenvalue weighted by Crippen LogP contribution is -2.17. The second-order valence-corrected chi connectivity index (χ2v) is 4.98. The van der Waals surface area contributed by atoms with Crippen LogP contribution in [-0.4, -0.2) is 22.3 Å². The molecule has 0 aliphatic heterocycles. The van der Waals surface area contributed by atoms with Gasteiger partial charge in [-0.1, -0.05) is 15.9 Å². The van der Waals surface area contributed by atoms with Gasteiger partial charge in [0.2, 0.25) is 0 Å². The van der Waals surface area contributed by atoms with Crippen LogP contribution in [0, 0.1) is 5.82 Å². The molecule has 0 fully saturated rings. The number of hydrogen-bond donors (Lipinski definition) is 3. The minimum absolute atomic E-state index is 0.136. The average Bonchev–Trinajstić information content (AvgIpc) is 2.43. The highest BCUT2D eigenvalue weighted by Crippen LogP contribution is 2.21. The number of hydrazone groups is 1. The Morgan fingerprint density at radius 1 is 1.24 bits per heavy atom. The highest BCUT2D eigenvalue weighted by atomic mass is 79.9. The third kappa shape index (κ3) is 3.79. The van der Waals surface area contributed by atoms with Crippen molar-refractivity contribution in [1.82, 2.24) is 5.43 Å². The molecule has 3 N–H and O–H groups in total. The Kier molecular flexibility index (Phi) is 4.54. The first-order valence-corrected chi connectivity index (χ1v) is 6.57. The summed E-state index contributed by atoms with van der Waals surface area (Å²) in [6.07, 6.45) is 1.14. The molecule has 0 heterocycles. The topological polar surface area (TPSA) is 81.9 Å². The summed E-state index contributed by atoms with van der Waals surface area (Å²) >= 11 is 3.13. The second kappa shape index (κ2) is 6.36. The summed E-state index contributed by atoms with van der Waals surface area (Å²) in [6, 6.07) is 7.91. The zero-order valence-electron chi connectivity index (χ0n) is 10.5. The van der Waals surface area contributed by atoms with E-state index in [0.29, 0.717) is 4.47 Å². The number of amides is 1. The molecule has 0 saturated heterocycles. The van der Waals surface area contributed by atoms with Gasteiger partial charge in [0.1, 0.15) is 17.3 Å². The molecule has 0 aliphatic carbocycles. The molecule has 0 aliphatic rings. The van der Waals surface area contributed by atoms with E-state index in [1.807, 2.05) is 0 Å². The van der Waals surface area contributed by atoms with Gasteiger partial charge < -0.3 is 10.2 Å². The molecule has 0 unspecified atom stereocenters. The van der Waals surface area contributed by atoms with Gasteiger partial charge in [0.15, 0.2) is 0 Å². The summed E-state index contributed by atoms with van der Waals surface area (Å²) in [5, 5.41) is 22.4. The van der Waals surface area contributed by atoms with Gasteiger partial charge in [-0.25, -0.2) is 9.82 Å². The maximum atomic E-state index is 13.5.